The normalized spacial score (nSPS) is 11.9. The van der Waals surface area contributed by atoms with Crippen LogP contribution in [0, 0.1) is 27.7 Å². The molecule has 1 N–H and O–H groups in total. The monoisotopic (exact) mass is 625 g/mol. The molecular weight excluding hydrogens is 582 g/mol. The number of anilines is 1. The van der Waals surface area contributed by atoms with Gasteiger partial charge in [0.1, 0.15) is 12.6 Å². The predicted molar refractivity (Wildman–Crippen MR) is 181 cm³/mol. The van der Waals surface area contributed by atoms with Crippen molar-refractivity contribution in [2.45, 2.75) is 64.9 Å². The van der Waals surface area contributed by atoms with Crippen LogP contribution in [-0.4, -0.2) is 44.3 Å². The summed E-state index contributed by atoms with van der Waals surface area (Å²) in [6, 6.07) is 28.4. The summed E-state index contributed by atoms with van der Waals surface area (Å²) in [5, 5.41) is 2.98. The van der Waals surface area contributed by atoms with Crippen LogP contribution in [-0.2, 0) is 32.6 Å². The lowest BCUT2D eigenvalue weighted by molar-refractivity contribution is -0.140. The number of carbonyl (C=O) groups excluding carboxylic acids is 2. The average Bonchev–Trinajstić information content (AvgIpc) is 3.03. The molecule has 236 valence electrons. The van der Waals surface area contributed by atoms with Gasteiger partial charge in [0.15, 0.2) is 0 Å². The zero-order chi connectivity index (χ0) is 32.6. The molecule has 4 aromatic rings. The number of amides is 2. The van der Waals surface area contributed by atoms with Crippen LogP contribution in [0.3, 0.4) is 0 Å². The molecular formula is C37H43N3O4S. The molecule has 0 spiro atoms. The Morgan fingerprint density at radius 3 is 2.09 bits per heavy atom. The molecule has 0 saturated heterocycles. The van der Waals surface area contributed by atoms with Gasteiger partial charge in [-0.1, -0.05) is 85.3 Å². The number of nitrogens with zero attached hydrogens (tertiary/aromatic N) is 2. The van der Waals surface area contributed by atoms with Gasteiger partial charge in [0, 0.05) is 19.5 Å². The molecule has 0 heterocycles. The van der Waals surface area contributed by atoms with Crippen molar-refractivity contribution in [3.63, 3.8) is 0 Å². The van der Waals surface area contributed by atoms with Crippen LogP contribution < -0.4 is 9.62 Å². The topological polar surface area (TPSA) is 86.8 Å². The first-order valence-electron chi connectivity index (χ1n) is 15.3. The second-order valence-electron chi connectivity index (χ2n) is 11.5. The molecule has 45 heavy (non-hydrogen) atoms. The van der Waals surface area contributed by atoms with Gasteiger partial charge in [-0.25, -0.2) is 8.42 Å². The van der Waals surface area contributed by atoms with Crippen LogP contribution in [0.2, 0.25) is 0 Å². The number of nitrogens with one attached hydrogen (secondary N) is 1. The third-order valence-corrected chi connectivity index (χ3v) is 9.88. The van der Waals surface area contributed by atoms with Gasteiger partial charge in [0.2, 0.25) is 11.8 Å². The molecule has 7 nitrogen and oxygen atoms in total. The molecule has 0 saturated carbocycles. The van der Waals surface area contributed by atoms with Gasteiger partial charge in [0.25, 0.3) is 10.0 Å². The molecule has 4 aromatic carbocycles. The number of sulfonamides is 1. The van der Waals surface area contributed by atoms with Crippen LogP contribution >= 0.6 is 0 Å². The molecule has 0 aliphatic rings. The minimum atomic E-state index is -4.14. The maximum Gasteiger partial charge on any atom is 0.264 e. The van der Waals surface area contributed by atoms with Gasteiger partial charge in [-0.15, -0.1) is 0 Å². The zero-order valence-electron chi connectivity index (χ0n) is 26.8. The van der Waals surface area contributed by atoms with E-state index in [-0.39, 0.29) is 23.8 Å². The fraction of sp³-hybridized carbons (Fsp3) is 0.297. The van der Waals surface area contributed by atoms with Crippen molar-refractivity contribution >= 4 is 27.5 Å². The number of hydrogen-bond acceptors (Lipinski definition) is 4. The highest BCUT2D eigenvalue weighted by atomic mass is 32.2. The van der Waals surface area contributed by atoms with Crippen LogP contribution in [0.4, 0.5) is 5.69 Å². The Morgan fingerprint density at radius 1 is 0.778 bits per heavy atom. The summed E-state index contributed by atoms with van der Waals surface area (Å²) in [5.41, 5.74) is 5.98. The van der Waals surface area contributed by atoms with Gasteiger partial charge < -0.3 is 10.2 Å². The first kappa shape index (κ1) is 33.5. The summed E-state index contributed by atoms with van der Waals surface area (Å²) in [6.45, 7) is 9.83. The van der Waals surface area contributed by atoms with Crippen molar-refractivity contribution in [1.82, 2.24) is 10.2 Å². The number of rotatable bonds is 13. The summed E-state index contributed by atoms with van der Waals surface area (Å²) in [7, 11) is -4.14. The van der Waals surface area contributed by atoms with E-state index in [9.17, 15) is 18.0 Å². The van der Waals surface area contributed by atoms with E-state index in [4.69, 9.17) is 0 Å². The standard InChI is InChI=1S/C37H43N3O4S/c1-6-22-38-37(42)35(24-31-13-8-7-9-14-31)39(25-32-15-11-10-12-29(32)4)36(41)26-40(33-19-18-28(3)30(5)23-33)45(43,44)34-20-16-27(2)17-21-34/h7-21,23,35H,6,22,24-26H2,1-5H3,(H,38,42). The van der Waals surface area contributed by atoms with Crippen molar-refractivity contribution in [1.29, 1.82) is 0 Å². The van der Waals surface area contributed by atoms with E-state index < -0.39 is 28.5 Å². The maximum absolute atomic E-state index is 14.6. The molecule has 4 rings (SSSR count). The summed E-state index contributed by atoms with van der Waals surface area (Å²) >= 11 is 0. The Bertz CT molecular complexity index is 1720. The van der Waals surface area contributed by atoms with Gasteiger partial charge >= 0.3 is 0 Å². The number of benzene rings is 4. The molecule has 0 aromatic heterocycles. The highest BCUT2D eigenvalue weighted by molar-refractivity contribution is 7.92. The Morgan fingerprint density at radius 2 is 1.44 bits per heavy atom. The fourth-order valence-corrected chi connectivity index (χ4v) is 6.54. The number of carbonyl (C=O) groups is 2. The molecule has 1 unspecified atom stereocenters. The molecule has 2 amide bonds. The zero-order valence-corrected chi connectivity index (χ0v) is 27.6. The third kappa shape index (κ3) is 8.39. The molecule has 0 bridgehead atoms. The summed E-state index contributed by atoms with van der Waals surface area (Å²) < 4.78 is 29.6. The van der Waals surface area contributed by atoms with E-state index in [2.05, 4.69) is 5.32 Å². The van der Waals surface area contributed by atoms with Gasteiger partial charge in [0.05, 0.1) is 10.6 Å². The highest BCUT2D eigenvalue weighted by Gasteiger charge is 2.34. The predicted octanol–water partition coefficient (Wildman–Crippen LogP) is 6.28. The van der Waals surface area contributed by atoms with Crippen molar-refractivity contribution < 1.29 is 18.0 Å². The molecule has 0 aliphatic carbocycles. The lowest BCUT2D eigenvalue weighted by Gasteiger charge is -2.34. The van der Waals surface area contributed by atoms with Crippen molar-refractivity contribution in [3.05, 3.63) is 130 Å². The molecule has 1 atom stereocenters. The second kappa shape index (κ2) is 15.0. The SMILES string of the molecule is CCCNC(=O)C(Cc1ccccc1)N(Cc1ccccc1C)C(=O)CN(c1ccc(C)c(C)c1)S(=O)(=O)c1ccc(C)cc1. The third-order valence-electron chi connectivity index (χ3n) is 8.09. The van der Waals surface area contributed by atoms with Crippen LogP contribution in [0.1, 0.15) is 46.7 Å². The van der Waals surface area contributed by atoms with E-state index in [0.29, 0.717) is 12.2 Å². The number of hydrogen-bond donors (Lipinski definition) is 1. The Balaban J connectivity index is 1.82. The minimum absolute atomic E-state index is 0.0890. The largest absolute Gasteiger partial charge is 0.354 e. The van der Waals surface area contributed by atoms with Crippen molar-refractivity contribution in [3.8, 4) is 0 Å². The van der Waals surface area contributed by atoms with Crippen LogP contribution in [0.5, 0.6) is 0 Å². The maximum atomic E-state index is 14.6. The van der Waals surface area contributed by atoms with E-state index in [1.807, 2.05) is 95.3 Å². The van der Waals surface area contributed by atoms with Crippen molar-refractivity contribution in [2.75, 3.05) is 17.4 Å². The molecule has 0 aliphatic heterocycles. The fourth-order valence-electron chi connectivity index (χ4n) is 5.14. The van der Waals surface area contributed by atoms with Gasteiger partial charge in [-0.2, -0.15) is 0 Å². The number of aryl methyl sites for hydroxylation is 4. The van der Waals surface area contributed by atoms with E-state index in [1.165, 1.54) is 4.31 Å². The lowest BCUT2D eigenvalue weighted by atomic mass is 10.0. The molecule has 8 heteroatoms. The van der Waals surface area contributed by atoms with E-state index >= 15 is 0 Å². The lowest BCUT2D eigenvalue weighted by Crippen LogP contribution is -2.53. The quantitative estimate of drug-likeness (QED) is 0.190. The average molecular weight is 626 g/mol. The summed E-state index contributed by atoms with van der Waals surface area (Å²) in [6.07, 6.45) is 1.02. The second-order valence-corrected chi connectivity index (χ2v) is 13.4. The van der Waals surface area contributed by atoms with Crippen LogP contribution in [0.25, 0.3) is 0 Å². The van der Waals surface area contributed by atoms with E-state index in [1.54, 1.807) is 41.3 Å². The van der Waals surface area contributed by atoms with Gasteiger partial charge in [-0.05, 0) is 86.2 Å². The van der Waals surface area contributed by atoms with Gasteiger partial charge in [-0.3, -0.25) is 13.9 Å². The smallest absolute Gasteiger partial charge is 0.264 e. The Kier molecular flexibility index (Phi) is 11.2. The first-order chi connectivity index (χ1) is 21.5. The van der Waals surface area contributed by atoms with Crippen molar-refractivity contribution in [2.24, 2.45) is 0 Å². The van der Waals surface area contributed by atoms with E-state index in [0.717, 1.165) is 39.8 Å². The first-order valence-corrected chi connectivity index (χ1v) is 16.8. The Labute approximate surface area is 268 Å². The summed E-state index contributed by atoms with van der Waals surface area (Å²) in [5.74, 6) is -0.749. The minimum Gasteiger partial charge on any atom is -0.354 e. The molecule has 0 radical (unpaired) electrons. The summed E-state index contributed by atoms with van der Waals surface area (Å²) in [4.78, 5) is 30.0. The van der Waals surface area contributed by atoms with Crippen LogP contribution in [0.15, 0.2) is 102 Å². The Hall–Kier alpha value is -4.43. The highest BCUT2D eigenvalue weighted by Crippen LogP contribution is 2.27. The molecule has 0 fully saturated rings.